The Morgan fingerprint density at radius 3 is 1.22 bits per heavy atom. The quantitative estimate of drug-likeness (QED) is 0.383. The standard InChI is InChI=1S/C30H37N3.2ClH.Co/c1-8-23-14-12-15-24(9-2)29(23)31-21(6)27-18-20(5)19-28(33-27)22(7)32-30-25(10-3)16-13-17-26(30)11-4;;;/h12-19H,8-11H2,1-7H3;2*1H;/q;;;+2/p-2. The van der Waals surface area contributed by atoms with Gasteiger partial charge in [0.2, 0.25) is 0 Å². The topological polar surface area (TPSA) is 37.6 Å². The van der Waals surface area contributed by atoms with Crippen LogP contribution in [0.5, 0.6) is 0 Å². The van der Waals surface area contributed by atoms with Crippen molar-refractivity contribution in [1.29, 1.82) is 0 Å². The molecular weight excluding hydrogens is 532 g/mol. The second-order valence-corrected chi connectivity index (χ2v) is 8.57. The van der Waals surface area contributed by atoms with Crippen molar-refractivity contribution in [3.05, 3.63) is 87.7 Å². The molecule has 0 bridgehead atoms. The molecule has 0 atom stereocenters. The Kier molecular flexibility index (Phi) is 15.1. The summed E-state index contributed by atoms with van der Waals surface area (Å²) in [6.07, 6.45) is 3.87. The van der Waals surface area contributed by atoms with Gasteiger partial charge in [0.1, 0.15) is 0 Å². The van der Waals surface area contributed by atoms with E-state index in [-0.39, 0.29) is 41.6 Å². The number of para-hydroxylation sites is 2. The summed E-state index contributed by atoms with van der Waals surface area (Å²) in [5.41, 5.74) is 12.2. The molecule has 6 heteroatoms. The van der Waals surface area contributed by atoms with Crippen LogP contribution in [-0.4, -0.2) is 16.4 Å². The molecule has 0 unspecified atom stereocenters. The Bertz CT molecular complexity index is 1070. The van der Waals surface area contributed by atoms with Gasteiger partial charge < -0.3 is 24.8 Å². The van der Waals surface area contributed by atoms with Gasteiger partial charge in [-0.1, -0.05) is 64.1 Å². The summed E-state index contributed by atoms with van der Waals surface area (Å²) in [5.74, 6) is 0. The second kappa shape index (κ2) is 16.0. The number of rotatable bonds is 8. The molecule has 3 rings (SSSR count). The Labute approximate surface area is 240 Å². The van der Waals surface area contributed by atoms with Crippen LogP contribution >= 0.6 is 0 Å². The monoisotopic (exact) mass is 568 g/mol. The maximum absolute atomic E-state index is 5.07. The maximum Gasteiger partial charge on any atom is 2.00 e. The van der Waals surface area contributed by atoms with Crippen LogP contribution in [0, 0.1) is 6.92 Å². The van der Waals surface area contributed by atoms with Crippen molar-refractivity contribution in [3.63, 3.8) is 0 Å². The minimum Gasteiger partial charge on any atom is -1.00 e. The van der Waals surface area contributed by atoms with Gasteiger partial charge in [0.25, 0.3) is 0 Å². The smallest absolute Gasteiger partial charge is 1.00 e. The van der Waals surface area contributed by atoms with Crippen molar-refractivity contribution in [2.75, 3.05) is 0 Å². The predicted octanol–water partition coefficient (Wildman–Crippen LogP) is 1.93. The fourth-order valence-corrected chi connectivity index (χ4v) is 4.21. The van der Waals surface area contributed by atoms with Gasteiger partial charge in [-0.15, -0.1) is 0 Å². The molecule has 195 valence electrons. The maximum atomic E-state index is 5.07. The summed E-state index contributed by atoms with van der Waals surface area (Å²) in [7, 11) is 0. The van der Waals surface area contributed by atoms with Crippen molar-refractivity contribution >= 4 is 22.8 Å². The normalized spacial score (nSPS) is 11.3. The number of aryl methyl sites for hydroxylation is 5. The van der Waals surface area contributed by atoms with E-state index in [4.69, 9.17) is 15.0 Å². The van der Waals surface area contributed by atoms with Crippen molar-refractivity contribution in [2.45, 2.75) is 74.1 Å². The van der Waals surface area contributed by atoms with Crippen molar-refractivity contribution in [2.24, 2.45) is 9.98 Å². The van der Waals surface area contributed by atoms with E-state index in [9.17, 15) is 0 Å². The number of benzene rings is 2. The van der Waals surface area contributed by atoms with Gasteiger partial charge in [-0.25, -0.2) is 4.98 Å². The molecule has 0 saturated carbocycles. The number of nitrogens with zero attached hydrogens (tertiary/aromatic N) is 3. The average molecular weight is 569 g/mol. The summed E-state index contributed by atoms with van der Waals surface area (Å²) < 4.78 is 0. The largest absolute Gasteiger partial charge is 2.00 e. The first-order valence-corrected chi connectivity index (χ1v) is 12.2. The molecule has 1 aromatic heterocycles. The fraction of sp³-hybridized carbons (Fsp3) is 0.367. The number of hydrogen-bond donors (Lipinski definition) is 0. The Morgan fingerprint density at radius 2 is 0.944 bits per heavy atom. The predicted molar refractivity (Wildman–Crippen MR) is 143 cm³/mol. The number of halogens is 2. The number of pyridine rings is 1. The molecule has 0 aliphatic carbocycles. The van der Waals surface area contributed by atoms with Crippen LogP contribution in [0.4, 0.5) is 11.4 Å². The molecule has 2 aromatic carbocycles. The van der Waals surface area contributed by atoms with Gasteiger partial charge in [0, 0.05) is 0 Å². The van der Waals surface area contributed by atoms with Gasteiger partial charge in [-0.3, -0.25) is 9.98 Å². The summed E-state index contributed by atoms with van der Waals surface area (Å²) in [5, 5.41) is 0. The van der Waals surface area contributed by atoms with Crippen molar-refractivity contribution in [3.8, 4) is 0 Å². The molecule has 0 aliphatic rings. The molecule has 0 fully saturated rings. The van der Waals surface area contributed by atoms with E-state index >= 15 is 0 Å². The third-order valence-electron chi connectivity index (χ3n) is 6.20. The molecule has 0 saturated heterocycles. The molecule has 1 heterocycles. The molecule has 1 radical (unpaired) electrons. The van der Waals surface area contributed by atoms with Crippen LogP contribution < -0.4 is 24.8 Å². The summed E-state index contributed by atoms with van der Waals surface area (Å²) in [4.78, 5) is 15.1. The molecule has 0 spiro atoms. The molecule has 3 aromatic rings. The molecule has 36 heavy (non-hydrogen) atoms. The van der Waals surface area contributed by atoms with Gasteiger partial charge in [-0.05, 0) is 86.4 Å². The Hall–Kier alpha value is -1.98. The minimum atomic E-state index is 0. The van der Waals surface area contributed by atoms with E-state index in [0.717, 1.165) is 65.4 Å². The number of aromatic nitrogens is 1. The van der Waals surface area contributed by atoms with E-state index in [0.29, 0.717) is 0 Å². The first-order valence-electron chi connectivity index (χ1n) is 12.2. The minimum absolute atomic E-state index is 0. The molecule has 3 nitrogen and oxygen atoms in total. The van der Waals surface area contributed by atoms with Crippen LogP contribution in [0.25, 0.3) is 0 Å². The number of hydrogen-bond acceptors (Lipinski definition) is 3. The Morgan fingerprint density at radius 1 is 0.639 bits per heavy atom. The van der Waals surface area contributed by atoms with Crippen LogP contribution in [0.1, 0.15) is 80.7 Å². The van der Waals surface area contributed by atoms with Crippen molar-refractivity contribution in [1.82, 2.24) is 4.98 Å². The van der Waals surface area contributed by atoms with Crippen LogP contribution in [0.3, 0.4) is 0 Å². The van der Waals surface area contributed by atoms with E-state index in [1.807, 2.05) is 0 Å². The molecule has 0 aliphatic heterocycles. The average Bonchev–Trinajstić information content (AvgIpc) is 2.83. The zero-order chi connectivity index (χ0) is 24.0. The van der Waals surface area contributed by atoms with Crippen LogP contribution in [0.2, 0.25) is 0 Å². The van der Waals surface area contributed by atoms with E-state index in [2.05, 4.69) is 97.0 Å². The van der Waals surface area contributed by atoms with E-state index in [1.54, 1.807) is 0 Å². The Balaban J connectivity index is 0.00000408. The summed E-state index contributed by atoms with van der Waals surface area (Å²) in [6, 6.07) is 17.2. The fourth-order valence-electron chi connectivity index (χ4n) is 4.21. The molecular formula is C30H37Cl2CoN3. The van der Waals surface area contributed by atoms with Crippen LogP contribution in [-0.2, 0) is 42.5 Å². The van der Waals surface area contributed by atoms with Crippen molar-refractivity contribution < 1.29 is 41.6 Å². The first-order chi connectivity index (χ1) is 15.9. The molecule has 0 N–H and O–H groups in total. The summed E-state index contributed by atoms with van der Waals surface area (Å²) >= 11 is 0. The van der Waals surface area contributed by atoms with Gasteiger partial charge in [0.15, 0.2) is 0 Å². The molecule has 0 amide bonds. The van der Waals surface area contributed by atoms with Gasteiger partial charge in [0.05, 0.1) is 34.2 Å². The zero-order valence-corrected chi connectivity index (χ0v) is 24.9. The summed E-state index contributed by atoms with van der Waals surface area (Å²) in [6.45, 7) is 15.0. The third kappa shape index (κ3) is 8.01. The third-order valence-corrected chi connectivity index (χ3v) is 6.20. The van der Waals surface area contributed by atoms with Gasteiger partial charge in [-0.2, -0.15) is 0 Å². The first kappa shape index (κ1) is 34.0. The SMILES string of the molecule is CCc1cccc(CC)c1N=C(C)c1cc(C)cc(C(C)=Nc2c(CC)cccc2CC)n1.[Cl-].[Cl-].[Co+2]. The van der Waals surface area contributed by atoms with E-state index < -0.39 is 0 Å². The van der Waals surface area contributed by atoms with Crippen LogP contribution in [0.15, 0.2) is 58.5 Å². The zero-order valence-electron chi connectivity index (χ0n) is 22.4. The van der Waals surface area contributed by atoms with Gasteiger partial charge >= 0.3 is 16.8 Å². The number of aliphatic imine (C=N–C) groups is 2. The second-order valence-electron chi connectivity index (χ2n) is 8.57. The van der Waals surface area contributed by atoms with E-state index in [1.165, 1.54) is 22.3 Å².